The number of piperazine rings is 1. The number of carbonyl (C=O) groups excluding carboxylic acids is 1. The first-order valence-corrected chi connectivity index (χ1v) is 7.45. The molecule has 1 saturated heterocycles. The number of methoxy groups -OCH3 is 1. The number of halogens is 2. The number of benzene rings is 1. The molecule has 1 aliphatic rings. The fourth-order valence-electron chi connectivity index (χ4n) is 2.57. The largest absolute Gasteiger partial charge is 0.481 e. The van der Waals surface area contributed by atoms with Gasteiger partial charge in [0, 0.05) is 38.4 Å². The van der Waals surface area contributed by atoms with Gasteiger partial charge in [-0.15, -0.1) is 0 Å². The maximum absolute atomic E-state index is 13.7. The molecule has 2 aromatic rings. The number of hydrogen-bond donors (Lipinski definition) is 0. The van der Waals surface area contributed by atoms with E-state index in [0.717, 1.165) is 12.1 Å². The third-order valence-corrected chi connectivity index (χ3v) is 3.85. The lowest BCUT2D eigenvalue weighted by molar-refractivity contribution is 0.0736. The van der Waals surface area contributed by atoms with Gasteiger partial charge in [0.1, 0.15) is 17.2 Å². The summed E-state index contributed by atoms with van der Waals surface area (Å²) in [5, 5.41) is 0. The van der Waals surface area contributed by atoms with E-state index in [1.807, 2.05) is 4.90 Å². The molecule has 126 valence electrons. The Morgan fingerprint density at radius 2 is 1.79 bits per heavy atom. The summed E-state index contributed by atoms with van der Waals surface area (Å²) in [7, 11) is 1.52. The van der Waals surface area contributed by atoms with Crippen LogP contribution in [0.4, 0.5) is 14.7 Å². The minimum atomic E-state index is -0.849. The summed E-state index contributed by atoms with van der Waals surface area (Å²) in [6, 6.07) is 5.04. The molecule has 0 N–H and O–H groups in total. The summed E-state index contributed by atoms with van der Waals surface area (Å²) in [5.41, 5.74) is -0.511. The summed E-state index contributed by atoms with van der Waals surface area (Å²) in [6.07, 6.45) is 1.59. The predicted octanol–water partition coefficient (Wildman–Crippen LogP) is 1.73. The second-order valence-corrected chi connectivity index (χ2v) is 5.27. The number of ether oxygens (including phenoxy) is 1. The van der Waals surface area contributed by atoms with Crippen LogP contribution in [0.25, 0.3) is 0 Å². The molecule has 1 aromatic heterocycles. The molecule has 0 bridgehead atoms. The molecular formula is C16H16F2N4O2. The lowest BCUT2D eigenvalue weighted by Gasteiger charge is -2.34. The zero-order chi connectivity index (χ0) is 17.1. The molecule has 0 aliphatic carbocycles. The van der Waals surface area contributed by atoms with E-state index in [1.54, 1.807) is 12.3 Å². The number of nitrogens with zero attached hydrogens (tertiary/aromatic N) is 4. The number of anilines is 1. The first-order valence-electron chi connectivity index (χ1n) is 7.45. The van der Waals surface area contributed by atoms with Crippen molar-refractivity contribution in [3.63, 3.8) is 0 Å². The van der Waals surface area contributed by atoms with Crippen molar-refractivity contribution in [2.75, 3.05) is 38.2 Å². The molecule has 0 atom stereocenters. The highest BCUT2D eigenvalue weighted by Gasteiger charge is 2.27. The Hall–Kier alpha value is -2.77. The summed E-state index contributed by atoms with van der Waals surface area (Å²) in [6.45, 7) is 1.59. The molecule has 0 radical (unpaired) electrons. The Labute approximate surface area is 137 Å². The zero-order valence-electron chi connectivity index (χ0n) is 13.1. The molecule has 0 unspecified atom stereocenters. The third-order valence-electron chi connectivity index (χ3n) is 3.85. The first kappa shape index (κ1) is 16.1. The molecule has 1 amide bonds. The van der Waals surface area contributed by atoms with Crippen LogP contribution in [0, 0.1) is 11.6 Å². The van der Waals surface area contributed by atoms with Gasteiger partial charge in [-0.25, -0.2) is 13.8 Å². The highest BCUT2D eigenvalue weighted by molar-refractivity contribution is 5.95. The van der Waals surface area contributed by atoms with E-state index in [4.69, 9.17) is 4.74 Å². The van der Waals surface area contributed by atoms with Crippen molar-refractivity contribution in [1.82, 2.24) is 14.9 Å². The smallest absolute Gasteiger partial charge is 0.259 e. The fourth-order valence-corrected chi connectivity index (χ4v) is 2.57. The van der Waals surface area contributed by atoms with Gasteiger partial charge in [0.2, 0.25) is 11.8 Å². The molecule has 2 heterocycles. The van der Waals surface area contributed by atoms with Gasteiger partial charge >= 0.3 is 0 Å². The maximum Gasteiger partial charge on any atom is 0.259 e. The van der Waals surface area contributed by atoms with Crippen LogP contribution < -0.4 is 9.64 Å². The summed E-state index contributed by atoms with van der Waals surface area (Å²) in [4.78, 5) is 24.1. The molecule has 0 spiro atoms. The van der Waals surface area contributed by atoms with Crippen molar-refractivity contribution in [1.29, 1.82) is 0 Å². The second-order valence-electron chi connectivity index (χ2n) is 5.27. The van der Waals surface area contributed by atoms with Crippen LogP contribution in [-0.4, -0.2) is 54.1 Å². The van der Waals surface area contributed by atoms with Crippen molar-refractivity contribution in [2.24, 2.45) is 0 Å². The van der Waals surface area contributed by atoms with Crippen LogP contribution in [0.3, 0.4) is 0 Å². The maximum atomic E-state index is 13.7. The lowest BCUT2D eigenvalue weighted by Crippen LogP contribution is -2.49. The van der Waals surface area contributed by atoms with E-state index >= 15 is 0 Å². The van der Waals surface area contributed by atoms with Crippen LogP contribution in [-0.2, 0) is 0 Å². The van der Waals surface area contributed by atoms with Gasteiger partial charge < -0.3 is 14.5 Å². The average Bonchev–Trinajstić information content (AvgIpc) is 2.61. The van der Waals surface area contributed by atoms with Crippen LogP contribution in [0.1, 0.15) is 10.4 Å². The molecule has 8 heteroatoms. The van der Waals surface area contributed by atoms with Crippen LogP contribution in [0.5, 0.6) is 5.88 Å². The van der Waals surface area contributed by atoms with Crippen LogP contribution in [0.15, 0.2) is 30.5 Å². The molecule has 1 aromatic carbocycles. The van der Waals surface area contributed by atoms with E-state index in [1.165, 1.54) is 18.1 Å². The van der Waals surface area contributed by atoms with Crippen molar-refractivity contribution in [2.45, 2.75) is 0 Å². The predicted molar refractivity (Wildman–Crippen MR) is 83.1 cm³/mol. The molecule has 3 rings (SSSR count). The summed E-state index contributed by atoms with van der Waals surface area (Å²) < 4.78 is 32.6. The Balaban J connectivity index is 1.69. The van der Waals surface area contributed by atoms with E-state index < -0.39 is 23.1 Å². The minimum Gasteiger partial charge on any atom is -0.481 e. The van der Waals surface area contributed by atoms with Gasteiger partial charge in [-0.3, -0.25) is 4.79 Å². The van der Waals surface area contributed by atoms with Crippen molar-refractivity contribution in [3.05, 3.63) is 47.7 Å². The quantitative estimate of drug-likeness (QED) is 0.855. The molecule has 6 nitrogen and oxygen atoms in total. The highest BCUT2D eigenvalue weighted by atomic mass is 19.1. The Morgan fingerprint density at radius 3 is 2.42 bits per heavy atom. The lowest BCUT2D eigenvalue weighted by atomic mass is 10.1. The van der Waals surface area contributed by atoms with E-state index in [2.05, 4.69) is 9.97 Å². The van der Waals surface area contributed by atoms with Crippen LogP contribution in [0.2, 0.25) is 0 Å². The zero-order valence-corrected chi connectivity index (χ0v) is 13.1. The third kappa shape index (κ3) is 3.12. The molecule has 1 fully saturated rings. The van der Waals surface area contributed by atoms with E-state index in [-0.39, 0.29) is 0 Å². The van der Waals surface area contributed by atoms with Crippen molar-refractivity contribution < 1.29 is 18.3 Å². The van der Waals surface area contributed by atoms with Gasteiger partial charge in [-0.1, -0.05) is 6.07 Å². The van der Waals surface area contributed by atoms with Crippen molar-refractivity contribution >= 4 is 11.9 Å². The van der Waals surface area contributed by atoms with Gasteiger partial charge in [0.05, 0.1) is 7.11 Å². The van der Waals surface area contributed by atoms with Gasteiger partial charge in [-0.05, 0) is 12.1 Å². The highest BCUT2D eigenvalue weighted by Crippen LogP contribution is 2.18. The van der Waals surface area contributed by atoms with Gasteiger partial charge in [-0.2, -0.15) is 4.98 Å². The summed E-state index contributed by atoms with van der Waals surface area (Å²) >= 11 is 0. The molecule has 1 aliphatic heterocycles. The standard InChI is InChI=1S/C16H16F2N4O2/c1-24-13-5-6-19-16(20-13)22-9-7-21(8-10-22)15(23)14-11(17)3-2-4-12(14)18/h2-6H,7-10H2,1H3. The SMILES string of the molecule is COc1ccnc(N2CCN(C(=O)c3c(F)cccc3F)CC2)n1. The number of amides is 1. The average molecular weight is 334 g/mol. The Bertz CT molecular complexity index is 728. The normalized spacial score (nSPS) is 14.6. The van der Waals surface area contributed by atoms with Crippen molar-refractivity contribution in [3.8, 4) is 5.88 Å². The summed E-state index contributed by atoms with van der Waals surface area (Å²) in [5.74, 6) is -1.39. The number of rotatable bonds is 3. The molecular weight excluding hydrogens is 318 g/mol. The molecule has 24 heavy (non-hydrogen) atoms. The topological polar surface area (TPSA) is 58.6 Å². The van der Waals surface area contributed by atoms with Gasteiger partial charge in [0.25, 0.3) is 5.91 Å². The minimum absolute atomic E-state index is 0.327. The second kappa shape index (κ2) is 6.77. The van der Waals surface area contributed by atoms with E-state index in [0.29, 0.717) is 38.0 Å². The number of aromatic nitrogens is 2. The van der Waals surface area contributed by atoms with Gasteiger partial charge in [0.15, 0.2) is 0 Å². The Kier molecular flexibility index (Phi) is 4.54. The molecule has 0 saturated carbocycles. The Morgan fingerprint density at radius 1 is 1.12 bits per heavy atom. The fraction of sp³-hybridized carbons (Fsp3) is 0.312. The monoisotopic (exact) mass is 334 g/mol. The van der Waals surface area contributed by atoms with Crippen LogP contribution >= 0.6 is 0 Å². The number of hydrogen-bond acceptors (Lipinski definition) is 5. The van der Waals surface area contributed by atoms with E-state index in [9.17, 15) is 13.6 Å². The number of carbonyl (C=O) groups is 1. The first-order chi connectivity index (χ1) is 11.6.